The molecule has 172 valence electrons. The number of hydrogen-bond donors (Lipinski definition) is 1. The van der Waals surface area contributed by atoms with Crippen LogP contribution in [-0.4, -0.2) is 16.9 Å². The zero-order valence-corrected chi connectivity index (χ0v) is 17.9. The largest absolute Gasteiger partial charge is 0.457 e. The van der Waals surface area contributed by atoms with E-state index in [0.29, 0.717) is 23.6 Å². The van der Waals surface area contributed by atoms with Crippen LogP contribution in [0.1, 0.15) is 11.1 Å². The molecule has 0 aliphatic carbocycles. The van der Waals surface area contributed by atoms with Crippen LogP contribution < -0.4 is 15.0 Å². The number of benzene rings is 3. The molecule has 1 aliphatic rings. The van der Waals surface area contributed by atoms with Crippen molar-refractivity contribution in [2.45, 2.75) is 6.18 Å². The number of ether oxygens (including phenoxy) is 1. The number of amides is 2. The van der Waals surface area contributed by atoms with E-state index in [9.17, 15) is 27.2 Å². The lowest BCUT2D eigenvalue weighted by atomic mass is 10.0. The molecule has 34 heavy (non-hydrogen) atoms. The van der Waals surface area contributed by atoms with Crippen molar-refractivity contribution < 1.29 is 31.9 Å². The molecule has 4 rings (SSSR count). The molecule has 1 aliphatic heterocycles. The van der Waals surface area contributed by atoms with E-state index < -0.39 is 40.5 Å². The lowest BCUT2D eigenvalue weighted by Gasteiger charge is -2.29. The van der Waals surface area contributed by atoms with Gasteiger partial charge in [-0.1, -0.05) is 24.3 Å². The number of carbonyl (C=O) groups is 2. The predicted molar refractivity (Wildman–Crippen MR) is 121 cm³/mol. The van der Waals surface area contributed by atoms with Crippen molar-refractivity contribution >= 4 is 40.9 Å². The summed E-state index contributed by atoms with van der Waals surface area (Å²) in [6.45, 7) is 0. The first-order valence-corrected chi connectivity index (χ1v) is 10.2. The number of rotatable bonds is 4. The molecule has 0 aromatic heterocycles. The first-order chi connectivity index (χ1) is 16.1. The fourth-order valence-electron chi connectivity index (χ4n) is 3.26. The van der Waals surface area contributed by atoms with E-state index in [1.165, 1.54) is 12.1 Å². The van der Waals surface area contributed by atoms with Gasteiger partial charge in [0.05, 0.1) is 11.3 Å². The van der Waals surface area contributed by atoms with Gasteiger partial charge in [0, 0.05) is 5.56 Å². The lowest BCUT2D eigenvalue weighted by molar-refractivity contribution is -0.138. The number of hydrogen-bond acceptors (Lipinski definition) is 4. The highest BCUT2D eigenvalue weighted by atomic mass is 32.1. The van der Waals surface area contributed by atoms with Crippen molar-refractivity contribution in [2.24, 2.45) is 0 Å². The van der Waals surface area contributed by atoms with E-state index in [2.05, 4.69) is 5.32 Å². The third kappa shape index (κ3) is 4.67. The Bertz CT molecular complexity index is 1310. The summed E-state index contributed by atoms with van der Waals surface area (Å²) >= 11 is 5.09. The van der Waals surface area contributed by atoms with Crippen LogP contribution >= 0.6 is 12.2 Å². The molecule has 0 unspecified atom stereocenters. The molecule has 0 bridgehead atoms. The van der Waals surface area contributed by atoms with Crippen molar-refractivity contribution in [3.05, 3.63) is 95.3 Å². The van der Waals surface area contributed by atoms with Crippen molar-refractivity contribution in [3.63, 3.8) is 0 Å². The maximum atomic E-state index is 14.3. The van der Waals surface area contributed by atoms with E-state index in [1.807, 2.05) is 6.07 Å². The fourth-order valence-corrected chi connectivity index (χ4v) is 3.54. The van der Waals surface area contributed by atoms with Gasteiger partial charge in [0.15, 0.2) is 5.11 Å². The molecule has 0 radical (unpaired) electrons. The molecule has 10 heteroatoms. The summed E-state index contributed by atoms with van der Waals surface area (Å²) in [5.41, 5.74) is -2.71. The molecule has 3 aromatic rings. The number of para-hydroxylation sites is 1. The Morgan fingerprint density at radius 3 is 2.18 bits per heavy atom. The quantitative estimate of drug-likeness (QED) is 0.230. The molecule has 0 saturated carbocycles. The van der Waals surface area contributed by atoms with Crippen molar-refractivity contribution in [1.82, 2.24) is 5.32 Å². The number of anilines is 1. The average Bonchev–Trinajstić information content (AvgIpc) is 2.78. The highest BCUT2D eigenvalue weighted by Gasteiger charge is 2.37. The van der Waals surface area contributed by atoms with Crippen LogP contribution in [0.4, 0.5) is 23.2 Å². The summed E-state index contributed by atoms with van der Waals surface area (Å²) in [6, 6.07) is 17.4. The number of nitrogens with one attached hydrogen (secondary N) is 1. The summed E-state index contributed by atoms with van der Waals surface area (Å²) in [5.74, 6) is -2.23. The molecule has 0 spiro atoms. The Morgan fingerprint density at radius 1 is 0.882 bits per heavy atom. The molecule has 1 fully saturated rings. The maximum absolute atomic E-state index is 14.3. The van der Waals surface area contributed by atoms with Gasteiger partial charge in [0.25, 0.3) is 11.8 Å². The highest BCUT2D eigenvalue weighted by molar-refractivity contribution is 7.80. The minimum Gasteiger partial charge on any atom is -0.457 e. The van der Waals surface area contributed by atoms with Gasteiger partial charge >= 0.3 is 6.18 Å². The predicted octanol–water partition coefficient (Wildman–Crippen LogP) is 5.47. The topological polar surface area (TPSA) is 58.6 Å². The van der Waals surface area contributed by atoms with Gasteiger partial charge in [0.1, 0.15) is 22.9 Å². The summed E-state index contributed by atoms with van der Waals surface area (Å²) < 4.78 is 60.0. The minimum atomic E-state index is -4.90. The van der Waals surface area contributed by atoms with Gasteiger partial charge in [-0.2, -0.15) is 13.2 Å². The Kier molecular flexibility index (Phi) is 6.16. The van der Waals surface area contributed by atoms with Crippen LogP contribution in [-0.2, 0) is 15.8 Å². The van der Waals surface area contributed by atoms with Gasteiger partial charge in [-0.3, -0.25) is 19.8 Å². The maximum Gasteiger partial charge on any atom is 0.417 e. The van der Waals surface area contributed by atoms with Gasteiger partial charge in [-0.25, -0.2) is 4.39 Å². The van der Waals surface area contributed by atoms with Crippen LogP contribution in [0.3, 0.4) is 0 Å². The van der Waals surface area contributed by atoms with Crippen LogP contribution in [0, 0.1) is 5.82 Å². The third-order valence-corrected chi connectivity index (χ3v) is 5.11. The number of carbonyl (C=O) groups excluding carboxylic acids is 2. The van der Waals surface area contributed by atoms with Gasteiger partial charge in [-0.15, -0.1) is 0 Å². The Morgan fingerprint density at radius 2 is 1.53 bits per heavy atom. The SMILES string of the molecule is O=C1NC(=S)N(c2ccc(Oc3ccccc3)cc2)C(=O)/C1=C/c1c(F)cccc1C(F)(F)F. The van der Waals surface area contributed by atoms with Gasteiger partial charge in [0.2, 0.25) is 0 Å². The summed E-state index contributed by atoms with van der Waals surface area (Å²) in [4.78, 5) is 26.4. The molecular weight excluding hydrogens is 472 g/mol. The van der Waals surface area contributed by atoms with Crippen LogP contribution in [0.5, 0.6) is 11.5 Å². The first kappa shape index (κ1) is 23.1. The fraction of sp³-hybridized carbons (Fsp3) is 0.0417. The smallest absolute Gasteiger partial charge is 0.417 e. The standard InChI is InChI=1S/C24H14F4N2O3S/c25-20-8-4-7-19(24(26,27)28)17(20)13-18-21(31)29-23(34)30(22(18)32)14-9-11-16(12-10-14)33-15-5-2-1-3-6-15/h1-13H,(H,29,31,34)/b18-13+. The molecule has 0 atom stereocenters. The van der Waals surface area contributed by atoms with Crippen molar-refractivity contribution in [1.29, 1.82) is 0 Å². The third-order valence-electron chi connectivity index (χ3n) is 4.82. The minimum absolute atomic E-state index is 0.228. The molecule has 1 heterocycles. The summed E-state index contributed by atoms with van der Waals surface area (Å²) in [7, 11) is 0. The van der Waals surface area contributed by atoms with Gasteiger partial charge in [-0.05, 0) is 66.8 Å². The molecule has 3 aromatic carbocycles. The second-order valence-corrected chi connectivity index (χ2v) is 7.45. The van der Waals surface area contributed by atoms with Crippen LogP contribution in [0.25, 0.3) is 6.08 Å². The zero-order chi connectivity index (χ0) is 24.5. The first-order valence-electron chi connectivity index (χ1n) is 9.75. The number of alkyl halides is 3. The van der Waals surface area contributed by atoms with E-state index in [-0.39, 0.29) is 10.8 Å². The van der Waals surface area contributed by atoms with Crippen LogP contribution in [0.2, 0.25) is 0 Å². The molecule has 1 saturated heterocycles. The molecular formula is C24H14F4N2O3S. The van der Waals surface area contributed by atoms with E-state index in [0.717, 1.165) is 17.0 Å². The molecule has 1 N–H and O–H groups in total. The van der Waals surface area contributed by atoms with E-state index >= 15 is 0 Å². The zero-order valence-electron chi connectivity index (χ0n) is 17.1. The average molecular weight is 486 g/mol. The second kappa shape index (κ2) is 9.06. The summed E-state index contributed by atoms with van der Waals surface area (Å²) in [6.07, 6.45) is -4.32. The normalized spacial score (nSPS) is 15.5. The summed E-state index contributed by atoms with van der Waals surface area (Å²) in [5, 5.41) is 1.99. The number of thiocarbonyl (C=S) groups is 1. The molecule has 5 nitrogen and oxygen atoms in total. The second-order valence-electron chi connectivity index (χ2n) is 7.07. The van der Waals surface area contributed by atoms with Gasteiger partial charge < -0.3 is 4.74 Å². The van der Waals surface area contributed by atoms with E-state index in [1.54, 1.807) is 36.4 Å². The highest BCUT2D eigenvalue weighted by Crippen LogP contribution is 2.35. The van der Waals surface area contributed by atoms with Crippen molar-refractivity contribution in [3.8, 4) is 11.5 Å². The lowest BCUT2D eigenvalue weighted by Crippen LogP contribution is -2.54. The Hall–Kier alpha value is -4.05. The number of halogens is 4. The van der Waals surface area contributed by atoms with Crippen molar-refractivity contribution in [2.75, 3.05) is 4.90 Å². The monoisotopic (exact) mass is 486 g/mol. The molecule has 2 amide bonds. The van der Waals surface area contributed by atoms with Crippen LogP contribution in [0.15, 0.2) is 78.4 Å². The van der Waals surface area contributed by atoms with E-state index in [4.69, 9.17) is 17.0 Å². The Balaban J connectivity index is 1.67. The number of nitrogens with zero attached hydrogens (tertiary/aromatic N) is 1. The Labute approximate surface area is 196 Å².